The number of H-pyrrole nitrogens is 1. The summed E-state index contributed by atoms with van der Waals surface area (Å²) in [5, 5.41) is 11.4. The van der Waals surface area contributed by atoms with Crippen LogP contribution in [0.4, 0.5) is 16.0 Å². The zero-order valence-electron chi connectivity index (χ0n) is 14.5. The average molecular weight is 347 g/mol. The monoisotopic (exact) mass is 347 g/mol. The van der Waals surface area contributed by atoms with Gasteiger partial charge in [0, 0.05) is 23.6 Å². The van der Waals surface area contributed by atoms with Crippen LogP contribution in [0.25, 0.3) is 10.9 Å². The maximum absolute atomic E-state index is 13.1. The fourth-order valence-electron chi connectivity index (χ4n) is 2.90. The van der Waals surface area contributed by atoms with Crippen LogP contribution in [0.5, 0.6) is 0 Å². The number of hydrogen-bond acceptors (Lipinski definition) is 4. The molecule has 0 bridgehead atoms. The van der Waals surface area contributed by atoms with Crippen LogP contribution in [0, 0.1) is 19.7 Å². The maximum atomic E-state index is 13.1. The lowest BCUT2D eigenvalue weighted by atomic mass is 10.1. The third-order valence-corrected chi connectivity index (χ3v) is 4.20. The number of aromatic nitrogens is 4. The summed E-state index contributed by atoms with van der Waals surface area (Å²) in [6, 6.07) is 14.3. The van der Waals surface area contributed by atoms with Crippen molar-refractivity contribution in [2.75, 3.05) is 5.32 Å². The Kier molecular flexibility index (Phi) is 4.08. The topological polar surface area (TPSA) is 66.5 Å². The lowest BCUT2D eigenvalue weighted by Gasteiger charge is -2.11. The molecule has 2 aromatic carbocycles. The Morgan fingerprint density at radius 1 is 1.04 bits per heavy atom. The van der Waals surface area contributed by atoms with Gasteiger partial charge in [0.25, 0.3) is 0 Å². The molecule has 0 saturated heterocycles. The first-order valence-corrected chi connectivity index (χ1v) is 8.38. The molecule has 26 heavy (non-hydrogen) atoms. The Balaban J connectivity index is 1.78. The first-order chi connectivity index (χ1) is 12.6. The van der Waals surface area contributed by atoms with Gasteiger partial charge in [0.1, 0.15) is 17.5 Å². The van der Waals surface area contributed by atoms with Crippen molar-refractivity contribution >= 4 is 22.5 Å². The Morgan fingerprint density at radius 2 is 1.85 bits per heavy atom. The second kappa shape index (κ2) is 6.55. The highest BCUT2D eigenvalue weighted by molar-refractivity contribution is 5.92. The molecular formula is C20H18FN5. The molecule has 2 heterocycles. The van der Waals surface area contributed by atoms with Crippen LogP contribution in [0.3, 0.4) is 0 Å². The molecule has 0 atom stereocenters. The summed E-state index contributed by atoms with van der Waals surface area (Å²) in [7, 11) is 0. The van der Waals surface area contributed by atoms with Crippen molar-refractivity contribution in [2.24, 2.45) is 0 Å². The van der Waals surface area contributed by atoms with Gasteiger partial charge in [-0.05, 0) is 43.2 Å². The van der Waals surface area contributed by atoms with E-state index in [0.717, 1.165) is 27.7 Å². The molecule has 0 aliphatic carbocycles. The van der Waals surface area contributed by atoms with E-state index in [1.807, 2.05) is 38.1 Å². The third-order valence-electron chi connectivity index (χ3n) is 4.20. The molecule has 4 aromatic rings. The lowest BCUT2D eigenvalue weighted by Crippen LogP contribution is -2.04. The molecule has 5 nitrogen and oxygen atoms in total. The van der Waals surface area contributed by atoms with Gasteiger partial charge in [-0.3, -0.25) is 5.10 Å². The van der Waals surface area contributed by atoms with Crippen LogP contribution in [0.15, 0.2) is 48.5 Å². The largest absolute Gasteiger partial charge is 0.323 e. The van der Waals surface area contributed by atoms with Crippen LogP contribution in [-0.2, 0) is 6.42 Å². The Labute approximate surface area is 150 Å². The van der Waals surface area contributed by atoms with E-state index in [-0.39, 0.29) is 5.82 Å². The van der Waals surface area contributed by atoms with E-state index in [2.05, 4.69) is 15.5 Å². The van der Waals surface area contributed by atoms with Crippen molar-refractivity contribution in [3.8, 4) is 0 Å². The molecule has 0 amide bonds. The lowest BCUT2D eigenvalue weighted by molar-refractivity contribution is 0.627. The summed E-state index contributed by atoms with van der Waals surface area (Å²) in [5.41, 5.74) is 3.90. The molecule has 0 fully saturated rings. The van der Waals surface area contributed by atoms with Gasteiger partial charge < -0.3 is 5.32 Å². The van der Waals surface area contributed by atoms with Crippen molar-refractivity contribution in [1.29, 1.82) is 0 Å². The van der Waals surface area contributed by atoms with Gasteiger partial charge in [0.05, 0.1) is 5.52 Å². The molecular weight excluding hydrogens is 329 g/mol. The highest BCUT2D eigenvalue weighted by atomic mass is 19.1. The van der Waals surface area contributed by atoms with Crippen LogP contribution in [0.1, 0.15) is 22.6 Å². The quantitative estimate of drug-likeness (QED) is 0.573. The van der Waals surface area contributed by atoms with Crippen molar-refractivity contribution in [3.63, 3.8) is 0 Å². The second-order valence-electron chi connectivity index (χ2n) is 6.32. The van der Waals surface area contributed by atoms with Crippen LogP contribution < -0.4 is 5.32 Å². The Hall–Kier alpha value is -3.28. The zero-order chi connectivity index (χ0) is 18.1. The maximum Gasteiger partial charge on any atom is 0.153 e. The van der Waals surface area contributed by atoms with Crippen molar-refractivity contribution in [1.82, 2.24) is 20.2 Å². The predicted molar refractivity (Wildman–Crippen MR) is 100 cm³/mol. The minimum absolute atomic E-state index is 0.250. The van der Waals surface area contributed by atoms with Gasteiger partial charge in [-0.25, -0.2) is 14.4 Å². The van der Waals surface area contributed by atoms with Crippen LogP contribution in [-0.4, -0.2) is 20.2 Å². The predicted octanol–water partition coefficient (Wildman–Crippen LogP) is 4.44. The van der Waals surface area contributed by atoms with Gasteiger partial charge in [-0.15, -0.1) is 0 Å². The SMILES string of the molecule is Cc1cc(Nc2nc(Cc3ccc(F)cc3)nc3c(C)cccc23)n[nH]1. The number of nitrogens with one attached hydrogen (secondary N) is 2. The highest BCUT2D eigenvalue weighted by Crippen LogP contribution is 2.26. The summed E-state index contributed by atoms with van der Waals surface area (Å²) < 4.78 is 13.1. The minimum atomic E-state index is -0.250. The number of para-hydroxylation sites is 1. The average Bonchev–Trinajstić information content (AvgIpc) is 3.03. The molecule has 6 heteroatoms. The van der Waals surface area contributed by atoms with E-state index >= 15 is 0 Å². The summed E-state index contributed by atoms with van der Waals surface area (Å²) in [5.74, 6) is 1.84. The summed E-state index contributed by atoms with van der Waals surface area (Å²) in [6.45, 7) is 3.97. The van der Waals surface area contributed by atoms with Crippen LogP contribution in [0.2, 0.25) is 0 Å². The number of halogens is 1. The van der Waals surface area contributed by atoms with E-state index in [1.54, 1.807) is 12.1 Å². The molecule has 0 radical (unpaired) electrons. The van der Waals surface area contributed by atoms with Gasteiger partial charge in [0.2, 0.25) is 0 Å². The van der Waals surface area contributed by atoms with E-state index in [0.29, 0.717) is 23.9 Å². The standard InChI is InChI=1S/C20H18FN5/c1-12-4-3-5-16-19(12)22-17(11-14-6-8-15(21)9-7-14)23-20(16)24-18-10-13(2)25-26-18/h3-10H,11H2,1-2H3,(H2,22,23,24,25,26). The van der Waals surface area contributed by atoms with Gasteiger partial charge in [-0.1, -0.05) is 24.3 Å². The fraction of sp³-hybridized carbons (Fsp3) is 0.150. The molecule has 130 valence electrons. The number of nitrogens with zero attached hydrogens (tertiary/aromatic N) is 3. The van der Waals surface area contributed by atoms with Gasteiger partial charge >= 0.3 is 0 Å². The van der Waals surface area contributed by atoms with Crippen molar-refractivity contribution in [2.45, 2.75) is 20.3 Å². The summed E-state index contributed by atoms with van der Waals surface area (Å²) in [6.07, 6.45) is 0.527. The normalized spacial score (nSPS) is 11.0. The molecule has 0 saturated carbocycles. The van der Waals surface area contributed by atoms with E-state index < -0.39 is 0 Å². The molecule has 4 rings (SSSR count). The highest BCUT2D eigenvalue weighted by Gasteiger charge is 2.11. The van der Waals surface area contributed by atoms with Crippen molar-refractivity contribution in [3.05, 3.63) is 77.0 Å². The molecule has 2 N–H and O–H groups in total. The minimum Gasteiger partial charge on any atom is -0.323 e. The van der Waals surface area contributed by atoms with Gasteiger partial charge in [0.15, 0.2) is 5.82 Å². The number of anilines is 2. The number of hydrogen-bond donors (Lipinski definition) is 2. The molecule has 0 aliphatic heterocycles. The van der Waals surface area contributed by atoms with Crippen molar-refractivity contribution < 1.29 is 4.39 Å². The first kappa shape index (κ1) is 16.2. The molecule has 0 unspecified atom stereocenters. The zero-order valence-corrected chi connectivity index (χ0v) is 14.5. The Bertz CT molecular complexity index is 1070. The number of benzene rings is 2. The van der Waals surface area contributed by atoms with Gasteiger partial charge in [-0.2, -0.15) is 5.10 Å². The molecule has 0 aliphatic rings. The number of aryl methyl sites for hydroxylation is 2. The van der Waals surface area contributed by atoms with E-state index in [1.165, 1.54) is 12.1 Å². The fourth-order valence-corrected chi connectivity index (χ4v) is 2.90. The second-order valence-corrected chi connectivity index (χ2v) is 6.32. The molecule has 0 spiro atoms. The summed E-state index contributed by atoms with van der Waals surface area (Å²) in [4.78, 5) is 9.42. The number of aromatic amines is 1. The number of rotatable bonds is 4. The Morgan fingerprint density at radius 3 is 2.58 bits per heavy atom. The van der Waals surface area contributed by atoms with E-state index in [4.69, 9.17) is 9.97 Å². The number of fused-ring (bicyclic) bond motifs is 1. The third kappa shape index (κ3) is 3.26. The molecule has 2 aromatic heterocycles. The first-order valence-electron chi connectivity index (χ1n) is 8.38. The van der Waals surface area contributed by atoms with Crippen LogP contribution >= 0.6 is 0 Å². The smallest absolute Gasteiger partial charge is 0.153 e. The summed E-state index contributed by atoms with van der Waals surface area (Å²) >= 11 is 0. The van der Waals surface area contributed by atoms with E-state index in [9.17, 15) is 4.39 Å².